The average molecular weight is 519 g/mol. The fourth-order valence-corrected chi connectivity index (χ4v) is 4.04. The summed E-state index contributed by atoms with van der Waals surface area (Å²) in [5.41, 5.74) is 0. The number of hydrogen-bond acceptors (Lipinski definition) is 5. The third kappa shape index (κ3) is 7.67. The second kappa shape index (κ2) is 12.7. The zero-order valence-electron chi connectivity index (χ0n) is 18.2. The van der Waals surface area contributed by atoms with Gasteiger partial charge >= 0.3 is 0 Å². The summed E-state index contributed by atoms with van der Waals surface area (Å²) >= 11 is 0. The van der Waals surface area contributed by atoms with Gasteiger partial charge in [-0.2, -0.15) is 0 Å². The molecule has 1 fully saturated rings. The summed E-state index contributed by atoms with van der Waals surface area (Å²) in [6.07, 6.45) is 5.86. The van der Waals surface area contributed by atoms with Crippen LogP contribution in [0.4, 0.5) is 0 Å². The number of aryl methyl sites for hydroxylation is 1. The molecule has 1 saturated heterocycles. The van der Waals surface area contributed by atoms with Gasteiger partial charge in [-0.3, -0.25) is 9.89 Å². The Balaban J connectivity index is 0.00000300. The number of rotatable bonds is 7. The molecule has 1 atom stereocenters. The van der Waals surface area contributed by atoms with Crippen LogP contribution in [0.2, 0.25) is 0 Å². The summed E-state index contributed by atoms with van der Waals surface area (Å²) in [7, 11) is 1.81. The molecule has 1 aromatic heterocycles. The van der Waals surface area contributed by atoms with Crippen LogP contribution in [0.1, 0.15) is 44.8 Å². The van der Waals surface area contributed by atoms with Gasteiger partial charge in [-0.1, -0.05) is 20.3 Å². The Labute approximate surface area is 192 Å². The molecule has 0 radical (unpaired) electrons. The van der Waals surface area contributed by atoms with Gasteiger partial charge in [-0.15, -0.1) is 34.2 Å². The largest absolute Gasteiger partial charge is 0.374 e. The number of ether oxygens (including phenoxy) is 1. The monoisotopic (exact) mass is 519 g/mol. The van der Waals surface area contributed by atoms with E-state index in [1.54, 1.807) is 0 Å². The highest BCUT2D eigenvalue weighted by Gasteiger charge is 2.21. The fourth-order valence-electron chi connectivity index (χ4n) is 4.04. The first kappa shape index (κ1) is 24.3. The van der Waals surface area contributed by atoms with Crippen molar-refractivity contribution in [3.05, 3.63) is 11.6 Å². The number of nitrogens with zero attached hydrogens (tertiary/aromatic N) is 5. The van der Waals surface area contributed by atoms with E-state index in [-0.39, 0.29) is 30.1 Å². The van der Waals surface area contributed by atoms with Gasteiger partial charge in [0.15, 0.2) is 5.96 Å². The van der Waals surface area contributed by atoms with E-state index >= 15 is 0 Å². The molecule has 1 unspecified atom stereocenters. The van der Waals surface area contributed by atoms with Gasteiger partial charge in [-0.25, -0.2) is 0 Å². The maximum atomic E-state index is 5.91. The minimum Gasteiger partial charge on any atom is -0.374 e. The Kier molecular flexibility index (Phi) is 10.6. The first-order valence-corrected chi connectivity index (χ1v) is 10.8. The van der Waals surface area contributed by atoms with Crippen molar-refractivity contribution in [2.24, 2.45) is 10.9 Å². The molecule has 0 amide bonds. The Morgan fingerprint density at radius 1 is 1.21 bits per heavy atom. The van der Waals surface area contributed by atoms with Crippen molar-refractivity contribution in [1.29, 1.82) is 0 Å². The summed E-state index contributed by atoms with van der Waals surface area (Å²) in [5, 5.41) is 15.6. The molecule has 2 aliphatic heterocycles. The molecular weight excluding hydrogens is 481 g/mol. The summed E-state index contributed by atoms with van der Waals surface area (Å²) in [6, 6.07) is 0. The van der Waals surface area contributed by atoms with Crippen molar-refractivity contribution in [2.45, 2.75) is 58.6 Å². The summed E-state index contributed by atoms with van der Waals surface area (Å²) in [4.78, 5) is 6.84. The Morgan fingerprint density at radius 3 is 2.86 bits per heavy atom. The van der Waals surface area contributed by atoms with Crippen LogP contribution >= 0.6 is 24.0 Å². The van der Waals surface area contributed by atoms with Gasteiger partial charge in [0.25, 0.3) is 0 Å². The van der Waals surface area contributed by atoms with Crippen LogP contribution in [0.3, 0.4) is 0 Å². The Morgan fingerprint density at radius 2 is 2.07 bits per heavy atom. The predicted molar refractivity (Wildman–Crippen MR) is 127 cm³/mol. The number of hydrogen-bond donors (Lipinski definition) is 2. The number of aliphatic imine (C=N–C) groups is 1. The normalized spacial score (nSPS) is 20.7. The number of halogens is 1. The Bertz CT molecular complexity index is 634. The van der Waals surface area contributed by atoms with Crippen LogP contribution in [0.25, 0.3) is 0 Å². The predicted octanol–water partition coefficient (Wildman–Crippen LogP) is 1.69. The van der Waals surface area contributed by atoms with E-state index in [1.807, 2.05) is 7.05 Å². The standard InChI is InChI=1S/C20H37N7O.HI/c1-16(2)14-26-11-12-28-17(15-26)13-23-20(21-3)22-9-8-19-25-24-18-7-5-4-6-10-27(18)19;/h16-17H,4-15H2,1-3H3,(H2,21,22,23);1H. The SMILES string of the molecule is CN=C(NCCc1nnc2n1CCCCC2)NCC1CN(CC(C)C)CCO1.I. The van der Waals surface area contributed by atoms with Gasteiger partial charge in [0.2, 0.25) is 0 Å². The van der Waals surface area contributed by atoms with E-state index in [0.29, 0.717) is 5.92 Å². The van der Waals surface area contributed by atoms with Gasteiger partial charge in [-0.05, 0) is 18.8 Å². The average Bonchev–Trinajstić information content (AvgIpc) is 2.90. The van der Waals surface area contributed by atoms with Gasteiger partial charge in [0.05, 0.1) is 12.7 Å². The van der Waals surface area contributed by atoms with E-state index in [0.717, 1.165) is 76.3 Å². The maximum absolute atomic E-state index is 5.91. The van der Waals surface area contributed by atoms with E-state index < -0.39 is 0 Å². The molecule has 1 aromatic rings. The van der Waals surface area contributed by atoms with Gasteiger partial charge < -0.3 is 19.9 Å². The second-order valence-electron chi connectivity index (χ2n) is 8.27. The summed E-state index contributed by atoms with van der Waals surface area (Å²) in [6.45, 7) is 11.1. The molecule has 0 aromatic carbocycles. The smallest absolute Gasteiger partial charge is 0.191 e. The highest BCUT2D eigenvalue weighted by Crippen LogP contribution is 2.14. The third-order valence-corrected chi connectivity index (χ3v) is 5.39. The number of fused-ring (bicyclic) bond motifs is 1. The van der Waals surface area contributed by atoms with Crippen LogP contribution in [0, 0.1) is 5.92 Å². The minimum absolute atomic E-state index is 0. The van der Waals surface area contributed by atoms with Crippen molar-refractivity contribution in [3.8, 4) is 0 Å². The number of nitrogens with one attached hydrogen (secondary N) is 2. The fraction of sp³-hybridized carbons (Fsp3) is 0.850. The highest BCUT2D eigenvalue weighted by atomic mass is 127. The maximum Gasteiger partial charge on any atom is 0.191 e. The first-order chi connectivity index (χ1) is 13.7. The van der Waals surface area contributed by atoms with Crippen molar-refractivity contribution in [1.82, 2.24) is 30.3 Å². The van der Waals surface area contributed by atoms with Crippen LogP contribution in [-0.4, -0.2) is 78.1 Å². The van der Waals surface area contributed by atoms with E-state index in [2.05, 4.69) is 49.1 Å². The molecule has 0 aliphatic carbocycles. The van der Waals surface area contributed by atoms with Gasteiger partial charge in [0, 0.05) is 59.2 Å². The third-order valence-electron chi connectivity index (χ3n) is 5.39. The lowest BCUT2D eigenvalue weighted by atomic mass is 10.2. The molecule has 2 N–H and O–H groups in total. The molecule has 29 heavy (non-hydrogen) atoms. The number of guanidine groups is 1. The molecule has 2 aliphatic rings. The molecule has 3 rings (SSSR count). The highest BCUT2D eigenvalue weighted by molar-refractivity contribution is 14.0. The summed E-state index contributed by atoms with van der Waals surface area (Å²) < 4.78 is 8.22. The molecule has 166 valence electrons. The van der Waals surface area contributed by atoms with Crippen LogP contribution in [0.15, 0.2) is 4.99 Å². The van der Waals surface area contributed by atoms with E-state index in [1.165, 1.54) is 19.3 Å². The number of morpholine rings is 1. The molecule has 3 heterocycles. The van der Waals surface area contributed by atoms with E-state index in [9.17, 15) is 0 Å². The molecule has 0 saturated carbocycles. The molecular formula is C20H38IN7O. The van der Waals surface area contributed by atoms with Crippen molar-refractivity contribution in [3.63, 3.8) is 0 Å². The van der Waals surface area contributed by atoms with Crippen molar-refractivity contribution >= 4 is 29.9 Å². The number of aromatic nitrogens is 3. The lowest BCUT2D eigenvalue weighted by Gasteiger charge is -2.34. The lowest BCUT2D eigenvalue weighted by molar-refractivity contribution is -0.0284. The Hall–Kier alpha value is -0.940. The van der Waals surface area contributed by atoms with Crippen molar-refractivity contribution < 1.29 is 4.74 Å². The van der Waals surface area contributed by atoms with Gasteiger partial charge in [0.1, 0.15) is 11.6 Å². The quantitative estimate of drug-likeness (QED) is 0.325. The zero-order valence-corrected chi connectivity index (χ0v) is 20.5. The van der Waals surface area contributed by atoms with Crippen LogP contribution in [0.5, 0.6) is 0 Å². The first-order valence-electron chi connectivity index (χ1n) is 10.8. The topological polar surface area (TPSA) is 79.6 Å². The molecule has 9 heteroatoms. The lowest BCUT2D eigenvalue weighted by Crippen LogP contribution is -2.50. The van der Waals surface area contributed by atoms with Crippen LogP contribution in [-0.2, 0) is 24.1 Å². The van der Waals surface area contributed by atoms with Crippen LogP contribution < -0.4 is 10.6 Å². The van der Waals surface area contributed by atoms with E-state index in [4.69, 9.17) is 4.74 Å². The zero-order chi connectivity index (χ0) is 19.8. The molecule has 0 bridgehead atoms. The minimum atomic E-state index is 0. The summed E-state index contributed by atoms with van der Waals surface area (Å²) in [5.74, 6) is 3.74. The molecule has 8 nitrogen and oxygen atoms in total. The second-order valence-corrected chi connectivity index (χ2v) is 8.27. The molecule has 0 spiro atoms. The van der Waals surface area contributed by atoms with Crippen molar-refractivity contribution in [2.75, 3.05) is 46.4 Å².